The van der Waals surface area contributed by atoms with E-state index in [0.29, 0.717) is 5.92 Å². The molecule has 2 rings (SSSR count). The number of ether oxygens (including phenoxy) is 1. The number of esters is 1. The topological polar surface area (TPSA) is 54.5 Å². The van der Waals surface area contributed by atoms with Gasteiger partial charge in [0, 0.05) is 38.1 Å². The molecular formula is C16H25N3O2. The van der Waals surface area contributed by atoms with E-state index in [1.54, 1.807) is 0 Å². The Hall–Kier alpha value is -1.62. The lowest BCUT2D eigenvalue weighted by Crippen LogP contribution is -2.24. The Labute approximate surface area is 126 Å². The average Bonchev–Trinajstić information content (AvgIpc) is 2.85. The van der Waals surface area contributed by atoms with Crippen molar-refractivity contribution < 1.29 is 9.53 Å². The van der Waals surface area contributed by atoms with Crippen LogP contribution in [-0.2, 0) is 16.1 Å². The lowest BCUT2D eigenvalue weighted by atomic mass is 9.99. The summed E-state index contributed by atoms with van der Waals surface area (Å²) in [6.45, 7) is 7.66. The van der Waals surface area contributed by atoms with E-state index >= 15 is 0 Å². The number of carbonyl (C=O) groups excluding carboxylic acids is 1. The van der Waals surface area contributed by atoms with Crippen LogP contribution in [0.3, 0.4) is 0 Å². The number of hydrogen-bond acceptors (Lipinski definition) is 5. The third kappa shape index (κ3) is 4.17. The Morgan fingerprint density at radius 3 is 3.05 bits per heavy atom. The number of aromatic nitrogens is 1. The molecule has 1 fully saturated rings. The fourth-order valence-corrected chi connectivity index (χ4v) is 2.83. The predicted molar refractivity (Wildman–Crippen MR) is 83.0 cm³/mol. The standard InChI is InChI=1S/C16H25N3O2/c1-4-6-17-13-5-7-18-14(8-13)10-19-9-12(2)15(11-19)16(20)21-3/h5,7-8,12,15H,4,6,9-11H2,1-3H3,(H,17,18). The molecule has 0 aliphatic carbocycles. The third-order valence-corrected chi connectivity index (χ3v) is 3.97. The fraction of sp³-hybridized carbons (Fsp3) is 0.625. The summed E-state index contributed by atoms with van der Waals surface area (Å²) in [6.07, 6.45) is 2.94. The fourth-order valence-electron chi connectivity index (χ4n) is 2.83. The van der Waals surface area contributed by atoms with E-state index in [1.807, 2.05) is 12.3 Å². The molecule has 1 aliphatic heterocycles. The van der Waals surface area contributed by atoms with Gasteiger partial charge in [0.15, 0.2) is 0 Å². The number of nitrogens with one attached hydrogen (secondary N) is 1. The van der Waals surface area contributed by atoms with Crippen molar-refractivity contribution >= 4 is 11.7 Å². The van der Waals surface area contributed by atoms with Crippen LogP contribution >= 0.6 is 0 Å². The molecule has 1 saturated heterocycles. The number of hydrogen-bond donors (Lipinski definition) is 1. The first-order valence-corrected chi connectivity index (χ1v) is 7.63. The Balaban J connectivity index is 1.95. The van der Waals surface area contributed by atoms with Crippen LogP contribution in [0.25, 0.3) is 0 Å². The van der Waals surface area contributed by atoms with Crippen molar-refractivity contribution in [2.24, 2.45) is 11.8 Å². The van der Waals surface area contributed by atoms with Gasteiger partial charge in [-0.05, 0) is 24.5 Å². The molecule has 0 aromatic carbocycles. The molecule has 1 aromatic heterocycles. The van der Waals surface area contributed by atoms with Gasteiger partial charge in [0.05, 0.1) is 18.7 Å². The molecular weight excluding hydrogens is 266 g/mol. The van der Waals surface area contributed by atoms with Gasteiger partial charge in [-0.3, -0.25) is 14.7 Å². The molecule has 5 nitrogen and oxygen atoms in total. The van der Waals surface area contributed by atoms with Gasteiger partial charge in [-0.25, -0.2) is 0 Å². The zero-order valence-electron chi connectivity index (χ0n) is 13.1. The lowest BCUT2D eigenvalue weighted by molar-refractivity contribution is -0.146. The summed E-state index contributed by atoms with van der Waals surface area (Å²) in [6, 6.07) is 4.08. The first-order chi connectivity index (χ1) is 10.1. The van der Waals surface area contributed by atoms with Gasteiger partial charge < -0.3 is 10.1 Å². The molecule has 2 heterocycles. The number of carbonyl (C=O) groups is 1. The Bertz CT molecular complexity index is 478. The normalized spacial score (nSPS) is 22.2. The predicted octanol–water partition coefficient (Wildman–Crippen LogP) is 2.14. The highest BCUT2D eigenvalue weighted by molar-refractivity contribution is 5.73. The summed E-state index contributed by atoms with van der Waals surface area (Å²) in [4.78, 5) is 18.4. The minimum atomic E-state index is -0.101. The van der Waals surface area contributed by atoms with E-state index < -0.39 is 0 Å². The Morgan fingerprint density at radius 2 is 2.33 bits per heavy atom. The van der Waals surface area contributed by atoms with Crippen LogP contribution in [0.4, 0.5) is 5.69 Å². The second-order valence-electron chi connectivity index (χ2n) is 5.76. The first-order valence-electron chi connectivity index (χ1n) is 7.63. The van der Waals surface area contributed by atoms with Gasteiger partial charge in [0.2, 0.25) is 0 Å². The molecule has 2 unspecified atom stereocenters. The maximum atomic E-state index is 11.7. The van der Waals surface area contributed by atoms with Crippen molar-refractivity contribution in [2.75, 3.05) is 32.1 Å². The van der Waals surface area contributed by atoms with Crippen molar-refractivity contribution in [3.8, 4) is 0 Å². The van der Waals surface area contributed by atoms with Gasteiger partial charge in [-0.1, -0.05) is 13.8 Å². The van der Waals surface area contributed by atoms with Crippen LogP contribution in [0.1, 0.15) is 26.0 Å². The third-order valence-electron chi connectivity index (χ3n) is 3.97. The van der Waals surface area contributed by atoms with Crippen molar-refractivity contribution in [1.82, 2.24) is 9.88 Å². The van der Waals surface area contributed by atoms with Crippen molar-refractivity contribution in [3.63, 3.8) is 0 Å². The molecule has 2 atom stereocenters. The van der Waals surface area contributed by atoms with Gasteiger partial charge in [-0.2, -0.15) is 0 Å². The smallest absolute Gasteiger partial charge is 0.310 e. The van der Waals surface area contributed by atoms with Crippen LogP contribution in [0, 0.1) is 11.8 Å². The largest absolute Gasteiger partial charge is 0.469 e. The average molecular weight is 291 g/mol. The molecule has 0 spiro atoms. The summed E-state index contributed by atoms with van der Waals surface area (Å²) in [5, 5.41) is 3.37. The highest BCUT2D eigenvalue weighted by atomic mass is 16.5. The maximum absolute atomic E-state index is 11.7. The number of rotatable bonds is 6. The van der Waals surface area contributed by atoms with Crippen LogP contribution in [-0.4, -0.2) is 42.6 Å². The summed E-state index contributed by atoms with van der Waals surface area (Å²) in [7, 11) is 1.46. The van der Waals surface area contributed by atoms with Crippen LogP contribution in [0.15, 0.2) is 18.3 Å². The zero-order valence-corrected chi connectivity index (χ0v) is 13.1. The van der Waals surface area contributed by atoms with Gasteiger partial charge in [-0.15, -0.1) is 0 Å². The molecule has 1 aromatic rings. The van der Waals surface area contributed by atoms with E-state index in [0.717, 1.165) is 44.0 Å². The van der Waals surface area contributed by atoms with Gasteiger partial charge in [0.25, 0.3) is 0 Å². The van der Waals surface area contributed by atoms with E-state index in [-0.39, 0.29) is 11.9 Å². The van der Waals surface area contributed by atoms with Crippen LogP contribution in [0.2, 0.25) is 0 Å². The number of pyridine rings is 1. The molecule has 116 valence electrons. The molecule has 0 bridgehead atoms. The van der Waals surface area contributed by atoms with E-state index in [4.69, 9.17) is 4.74 Å². The highest BCUT2D eigenvalue weighted by Crippen LogP contribution is 2.25. The number of methoxy groups -OCH3 is 1. The molecule has 1 aliphatic rings. The van der Waals surface area contributed by atoms with E-state index in [9.17, 15) is 4.79 Å². The molecule has 0 saturated carbocycles. The quantitative estimate of drug-likeness (QED) is 0.814. The summed E-state index contributed by atoms with van der Waals surface area (Å²) in [5.41, 5.74) is 2.15. The Morgan fingerprint density at radius 1 is 1.52 bits per heavy atom. The summed E-state index contributed by atoms with van der Waals surface area (Å²) < 4.78 is 4.88. The van der Waals surface area contributed by atoms with Crippen LogP contribution < -0.4 is 5.32 Å². The number of nitrogens with zero attached hydrogens (tertiary/aromatic N) is 2. The first kappa shape index (κ1) is 15.8. The second-order valence-corrected chi connectivity index (χ2v) is 5.76. The minimum absolute atomic E-state index is 0.0172. The minimum Gasteiger partial charge on any atom is -0.469 e. The number of anilines is 1. The maximum Gasteiger partial charge on any atom is 0.310 e. The molecule has 0 amide bonds. The van der Waals surface area contributed by atoms with Crippen molar-refractivity contribution in [2.45, 2.75) is 26.8 Å². The van der Waals surface area contributed by atoms with Crippen molar-refractivity contribution in [1.29, 1.82) is 0 Å². The van der Waals surface area contributed by atoms with Gasteiger partial charge >= 0.3 is 5.97 Å². The Kier molecular flexibility index (Phi) is 5.56. The molecule has 1 N–H and O–H groups in total. The summed E-state index contributed by atoms with van der Waals surface area (Å²) >= 11 is 0. The van der Waals surface area contributed by atoms with E-state index in [2.05, 4.69) is 35.1 Å². The highest BCUT2D eigenvalue weighted by Gasteiger charge is 2.35. The molecule has 21 heavy (non-hydrogen) atoms. The van der Waals surface area contributed by atoms with E-state index in [1.165, 1.54) is 7.11 Å². The van der Waals surface area contributed by atoms with Crippen LogP contribution in [0.5, 0.6) is 0 Å². The monoisotopic (exact) mass is 291 g/mol. The lowest BCUT2D eigenvalue weighted by Gasteiger charge is -2.15. The zero-order chi connectivity index (χ0) is 15.2. The SMILES string of the molecule is CCCNc1ccnc(CN2CC(C)C(C(=O)OC)C2)c1. The second kappa shape index (κ2) is 7.41. The summed E-state index contributed by atoms with van der Waals surface area (Å²) in [5.74, 6) is 0.214. The van der Waals surface area contributed by atoms with Gasteiger partial charge in [0.1, 0.15) is 0 Å². The van der Waals surface area contributed by atoms with Crippen molar-refractivity contribution in [3.05, 3.63) is 24.0 Å². The molecule has 5 heteroatoms. The molecule has 0 radical (unpaired) electrons. The number of likely N-dealkylation sites (tertiary alicyclic amines) is 1.